The Morgan fingerprint density at radius 3 is 2.50 bits per heavy atom. The van der Waals surface area contributed by atoms with Gasteiger partial charge in [-0.25, -0.2) is 4.98 Å². The molecule has 0 aliphatic carbocycles. The monoisotopic (exact) mass is 233 g/mol. The van der Waals surface area contributed by atoms with E-state index in [-0.39, 0.29) is 5.69 Å². The molecule has 1 aromatic heterocycles. The van der Waals surface area contributed by atoms with E-state index >= 15 is 0 Å². The third kappa shape index (κ3) is 2.95. The second-order valence-corrected chi connectivity index (χ2v) is 3.71. The first-order valence-corrected chi connectivity index (χ1v) is 5.08. The molecule has 5 heteroatoms. The van der Waals surface area contributed by atoms with Gasteiger partial charge in [-0.05, 0) is 18.6 Å². The fourth-order valence-electron chi connectivity index (χ4n) is 1.41. The number of hydrogen-bond acceptors (Lipinski definition) is 2. The van der Waals surface area contributed by atoms with E-state index in [1.807, 2.05) is 0 Å². The Hall–Kier alpha value is -1.10. The van der Waals surface area contributed by atoms with Gasteiger partial charge in [-0.2, -0.15) is 13.2 Å². The van der Waals surface area contributed by atoms with Crippen molar-refractivity contribution >= 4 is 0 Å². The third-order valence-corrected chi connectivity index (χ3v) is 2.52. The molecular weight excluding hydrogens is 219 g/mol. The molecule has 90 valence electrons. The van der Waals surface area contributed by atoms with Crippen LogP contribution in [-0.2, 0) is 6.18 Å². The topological polar surface area (TPSA) is 33.1 Å². The summed E-state index contributed by atoms with van der Waals surface area (Å²) >= 11 is 0. The van der Waals surface area contributed by atoms with E-state index in [9.17, 15) is 18.3 Å². The molecule has 0 spiro atoms. The molecule has 0 amide bonds. The molecule has 2 unspecified atom stereocenters. The molecule has 0 saturated heterocycles. The van der Waals surface area contributed by atoms with Crippen molar-refractivity contribution in [2.45, 2.75) is 38.5 Å². The van der Waals surface area contributed by atoms with Crippen LogP contribution in [0.1, 0.15) is 37.6 Å². The Bertz CT molecular complexity index is 351. The van der Waals surface area contributed by atoms with E-state index in [1.165, 1.54) is 12.1 Å². The summed E-state index contributed by atoms with van der Waals surface area (Å²) in [6, 6.07) is 3.73. The smallest absolute Gasteiger partial charge is 0.392 e. The SMILES string of the molecule is CCC(O)C(C)c1cccc(C(F)(F)F)n1. The van der Waals surface area contributed by atoms with Crippen LogP contribution < -0.4 is 0 Å². The van der Waals surface area contributed by atoms with Crippen molar-refractivity contribution in [1.29, 1.82) is 0 Å². The minimum atomic E-state index is -4.44. The first kappa shape index (κ1) is 13.0. The molecule has 0 aliphatic rings. The van der Waals surface area contributed by atoms with Crippen molar-refractivity contribution in [2.24, 2.45) is 0 Å². The highest BCUT2D eigenvalue weighted by atomic mass is 19.4. The second-order valence-electron chi connectivity index (χ2n) is 3.71. The van der Waals surface area contributed by atoms with E-state index in [2.05, 4.69) is 4.98 Å². The molecule has 0 bridgehead atoms. The minimum absolute atomic E-state index is 0.268. The number of alkyl halides is 3. The van der Waals surface area contributed by atoms with E-state index in [4.69, 9.17) is 0 Å². The summed E-state index contributed by atoms with van der Waals surface area (Å²) in [6.07, 6.45) is -4.62. The van der Waals surface area contributed by atoms with Crippen LogP contribution in [0.25, 0.3) is 0 Å². The molecule has 16 heavy (non-hydrogen) atoms. The molecule has 2 atom stereocenters. The average molecular weight is 233 g/mol. The number of hydrogen-bond donors (Lipinski definition) is 1. The molecule has 0 aliphatic heterocycles. The van der Waals surface area contributed by atoms with Gasteiger partial charge >= 0.3 is 6.18 Å². The minimum Gasteiger partial charge on any atom is -0.392 e. The van der Waals surface area contributed by atoms with Gasteiger partial charge < -0.3 is 5.11 Å². The summed E-state index contributed by atoms with van der Waals surface area (Å²) < 4.78 is 37.2. The lowest BCUT2D eigenvalue weighted by molar-refractivity contribution is -0.141. The van der Waals surface area contributed by atoms with Crippen molar-refractivity contribution in [3.05, 3.63) is 29.6 Å². The van der Waals surface area contributed by atoms with Gasteiger partial charge in [0.2, 0.25) is 0 Å². The Morgan fingerprint density at radius 1 is 1.38 bits per heavy atom. The maximum Gasteiger partial charge on any atom is 0.433 e. The highest BCUT2D eigenvalue weighted by Gasteiger charge is 2.33. The molecule has 2 nitrogen and oxygen atoms in total. The van der Waals surface area contributed by atoms with Crippen LogP contribution in [0.5, 0.6) is 0 Å². The normalized spacial score (nSPS) is 15.9. The summed E-state index contributed by atoms with van der Waals surface area (Å²) in [6.45, 7) is 3.44. The number of aliphatic hydroxyl groups excluding tert-OH is 1. The van der Waals surface area contributed by atoms with Gasteiger partial charge in [0.05, 0.1) is 6.10 Å². The highest BCUT2D eigenvalue weighted by molar-refractivity contribution is 5.17. The largest absolute Gasteiger partial charge is 0.433 e. The van der Waals surface area contributed by atoms with Crippen LogP contribution in [0.15, 0.2) is 18.2 Å². The summed E-state index contributed by atoms with van der Waals surface area (Å²) in [5.41, 5.74) is -0.649. The van der Waals surface area contributed by atoms with Gasteiger partial charge in [0.15, 0.2) is 0 Å². The maximum atomic E-state index is 12.4. The standard InChI is InChI=1S/C11H14F3NO/c1-3-9(16)7(2)8-5-4-6-10(15-8)11(12,13)14/h4-7,9,16H,3H2,1-2H3. The lowest BCUT2D eigenvalue weighted by Crippen LogP contribution is -2.17. The van der Waals surface area contributed by atoms with Gasteiger partial charge in [-0.15, -0.1) is 0 Å². The number of halogens is 3. The molecule has 1 heterocycles. The van der Waals surface area contributed by atoms with E-state index < -0.39 is 23.9 Å². The number of aliphatic hydroxyl groups is 1. The van der Waals surface area contributed by atoms with E-state index in [0.29, 0.717) is 6.42 Å². The molecule has 0 saturated carbocycles. The van der Waals surface area contributed by atoms with Crippen LogP contribution >= 0.6 is 0 Å². The summed E-state index contributed by atoms with van der Waals surface area (Å²) in [7, 11) is 0. The van der Waals surface area contributed by atoms with Crippen LogP contribution in [0.4, 0.5) is 13.2 Å². The van der Waals surface area contributed by atoms with Crippen molar-refractivity contribution in [3.63, 3.8) is 0 Å². The van der Waals surface area contributed by atoms with Gasteiger partial charge in [0, 0.05) is 11.6 Å². The Balaban J connectivity index is 2.99. The van der Waals surface area contributed by atoms with Crippen molar-refractivity contribution in [3.8, 4) is 0 Å². The summed E-state index contributed by atoms with van der Waals surface area (Å²) in [5, 5.41) is 9.55. The van der Waals surface area contributed by atoms with Crippen LogP contribution in [-0.4, -0.2) is 16.2 Å². The van der Waals surface area contributed by atoms with Crippen LogP contribution in [0.3, 0.4) is 0 Å². The van der Waals surface area contributed by atoms with Crippen molar-refractivity contribution < 1.29 is 18.3 Å². The lowest BCUT2D eigenvalue weighted by atomic mass is 9.98. The molecule has 0 aromatic carbocycles. The number of aromatic nitrogens is 1. The third-order valence-electron chi connectivity index (χ3n) is 2.52. The molecular formula is C11H14F3NO. The summed E-state index contributed by atoms with van der Waals surface area (Å²) in [4.78, 5) is 3.53. The van der Waals surface area contributed by atoms with E-state index in [0.717, 1.165) is 6.07 Å². The Labute approximate surface area is 92.1 Å². The zero-order valence-electron chi connectivity index (χ0n) is 9.12. The summed E-state index contributed by atoms with van der Waals surface area (Å²) in [5.74, 6) is -0.396. The molecule has 0 radical (unpaired) electrons. The maximum absolute atomic E-state index is 12.4. The number of nitrogens with zero attached hydrogens (tertiary/aromatic N) is 1. The molecule has 1 aromatic rings. The predicted molar refractivity (Wildman–Crippen MR) is 54.0 cm³/mol. The highest BCUT2D eigenvalue weighted by Crippen LogP contribution is 2.29. The second kappa shape index (κ2) is 4.82. The molecule has 0 fully saturated rings. The lowest BCUT2D eigenvalue weighted by Gasteiger charge is -2.17. The Morgan fingerprint density at radius 2 is 2.00 bits per heavy atom. The average Bonchev–Trinajstić information content (AvgIpc) is 2.26. The quantitative estimate of drug-likeness (QED) is 0.870. The van der Waals surface area contributed by atoms with Crippen LogP contribution in [0.2, 0.25) is 0 Å². The fourth-order valence-corrected chi connectivity index (χ4v) is 1.41. The predicted octanol–water partition coefficient (Wildman–Crippen LogP) is 2.97. The number of pyridine rings is 1. The van der Waals surface area contributed by atoms with Crippen molar-refractivity contribution in [2.75, 3.05) is 0 Å². The van der Waals surface area contributed by atoms with Gasteiger partial charge in [0.1, 0.15) is 5.69 Å². The fraction of sp³-hybridized carbons (Fsp3) is 0.545. The van der Waals surface area contributed by atoms with Gasteiger partial charge in [-0.3, -0.25) is 0 Å². The van der Waals surface area contributed by atoms with Gasteiger partial charge in [-0.1, -0.05) is 19.9 Å². The number of rotatable bonds is 3. The van der Waals surface area contributed by atoms with Crippen LogP contribution in [0, 0.1) is 0 Å². The zero-order chi connectivity index (χ0) is 12.3. The van der Waals surface area contributed by atoms with E-state index in [1.54, 1.807) is 13.8 Å². The zero-order valence-corrected chi connectivity index (χ0v) is 9.12. The molecule has 1 rings (SSSR count). The van der Waals surface area contributed by atoms with Crippen molar-refractivity contribution in [1.82, 2.24) is 4.98 Å². The van der Waals surface area contributed by atoms with Gasteiger partial charge in [0.25, 0.3) is 0 Å². The first-order valence-electron chi connectivity index (χ1n) is 5.08. The first-order chi connectivity index (χ1) is 7.36. The Kier molecular flexibility index (Phi) is 3.91. The molecule has 1 N–H and O–H groups in total.